The molecule has 0 aliphatic heterocycles. The summed E-state index contributed by atoms with van der Waals surface area (Å²) in [6, 6.07) is 9.09. The molecule has 2 rings (SSSR count). The third-order valence-electron chi connectivity index (χ3n) is 2.29. The Kier molecular flexibility index (Phi) is 3.35. The van der Waals surface area contributed by atoms with E-state index in [4.69, 9.17) is 11.6 Å². The molecule has 4 nitrogen and oxygen atoms in total. The van der Waals surface area contributed by atoms with E-state index in [1.165, 1.54) is 0 Å². The number of rotatable bonds is 3. The van der Waals surface area contributed by atoms with Crippen LogP contribution >= 0.6 is 11.6 Å². The number of carbonyl (C=O) groups is 1. The second-order valence-electron chi connectivity index (χ2n) is 3.51. The first-order valence-electron chi connectivity index (χ1n) is 5.12. The predicted molar refractivity (Wildman–Crippen MR) is 68.9 cm³/mol. The zero-order valence-electron chi connectivity index (χ0n) is 9.25. The highest BCUT2D eigenvalue weighted by Gasteiger charge is 2.05. The highest BCUT2D eigenvalue weighted by molar-refractivity contribution is 6.30. The van der Waals surface area contributed by atoms with Gasteiger partial charge in [-0.1, -0.05) is 11.6 Å². The number of H-pyrrole nitrogens is 1. The topological polar surface area (TPSA) is 56.9 Å². The number of aromatic amines is 1. The maximum atomic E-state index is 11.3. The van der Waals surface area contributed by atoms with E-state index >= 15 is 0 Å². The minimum atomic E-state index is -0.144. The molecule has 0 spiro atoms. The van der Waals surface area contributed by atoms with Gasteiger partial charge in [0.2, 0.25) is 0 Å². The molecule has 1 aromatic carbocycles. The molecule has 3 N–H and O–H groups in total. The standard InChI is InChI=1S/C12H12ClN3O/c1-14-12(17)11-6-10(7-15-11)16-9-4-2-8(13)3-5-9/h2-7,15-16H,1H3,(H,14,17). The zero-order valence-corrected chi connectivity index (χ0v) is 10.0. The van der Waals surface area contributed by atoms with Crippen LogP contribution in [0.4, 0.5) is 11.4 Å². The van der Waals surface area contributed by atoms with Crippen LogP contribution in [0.1, 0.15) is 10.5 Å². The average molecular weight is 250 g/mol. The second kappa shape index (κ2) is 4.93. The lowest BCUT2D eigenvalue weighted by Crippen LogP contribution is -2.17. The van der Waals surface area contributed by atoms with Crippen molar-refractivity contribution >= 4 is 28.9 Å². The molecule has 1 amide bonds. The Balaban J connectivity index is 2.11. The fraction of sp³-hybridized carbons (Fsp3) is 0.0833. The molecule has 0 fully saturated rings. The molecule has 0 saturated heterocycles. The lowest BCUT2D eigenvalue weighted by atomic mass is 10.3. The lowest BCUT2D eigenvalue weighted by molar-refractivity contribution is 0.0959. The van der Waals surface area contributed by atoms with E-state index in [0.29, 0.717) is 10.7 Å². The van der Waals surface area contributed by atoms with E-state index < -0.39 is 0 Å². The molecule has 1 heterocycles. The Morgan fingerprint density at radius 3 is 2.59 bits per heavy atom. The number of benzene rings is 1. The Hall–Kier alpha value is -1.94. The summed E-state index contributed by atoms with van der Waals surface area (Å²) in [5.74, 6) is -0.144. The van der Waals surface area contributed by atoms with Crippen molar-refractivity contribution in [3.63, 3.8) is 0 Å². The van der Waals surface area contributed by atoms with Crippen molar-refractivity contribution in [3.05, 3.63) is 47.2 Å². The maximum Gasteiger partial charge on any atom is 0.267 e. The summed E-state index contributed by atoms with van der Waals surface area (Å²) in [5, 5.41) is 6.40. The SMILES string of the molecule is CNC(=O)c1cc(Nc2ccc(Cl)cc2)c[nH]1. The summed E-state index contributed by atoms with van der Waals surface area (Å²) < 4.78 is 0. The van der Waals surface area contributed by atoms with Gasteiger partial charge in [0.25, 0.3) is 5.91 Å². The molecular weight excluding hydrogens is 238 g/mol. The summed E-state index contributed by atoms with van der Waals surface area (Å²) in [6.45, 7) is 0. The summed E-state index contributed by atoms with van der Waals surface area (Å²) in [7, 11) is 1.59. The first-order chi connectivity index (χ1) is 8.19. The maximum absolute atomic E-state index is 11.3. The van der Waals surface area contributed by atoms with Gasteiger partial charge in [-0.2, -0.15) is 0 Å². The van der Waals surface area contributed by atoms with Crippen molar-refractivity contribution in [2.45, 2.75) is 0 Å². The molecule has 88 valence electrons. The molecule has 0 aliphatic carbocycles. The molecule has 2 aromatic rings. The van der Waals surface area contributed by atoms with Gasteiger partial charge in [0.15, 0.2) is 0 Å². The molecule has 0 saturated carbocycles. The predicted octanol–water partition coefficient (Wildman–Crippen LogP) is 2.77. The number of halogens is 1. The number of amides is 1. The van der Waals surface area contributed by atoms with Crippen molar-refractivity contribution in [3.8, 4) is 0 Å². The summed E-state index contributed by atoms with van der Waals surface area (Å²) in [5.41, 5.74) is 2.26. The smallest absolute Gasteiger partial charge is 0.267 e. The molecule has 17 heavy (non-hydrogen) atoms. The monoisotopic (exact) mass is 249 g/mol. The first kappa shape index (κ1) is 11.5. The number of anilines is 2. The molecular formula is C12H12ClN3O. The van der Waals surface area contributed by atoms with Crippen LogP contribution in [0.25, 0.3) is 0 Å². The Bertz CT molecular complexity index is 519. The van der Waals surface area contributed by atoms with Crippen LogP contribution in [-0.2, 0) is 0 Å². The van der Waals surface area contributed by atoms with E-state index in [0.717, 1.165) is 11.4 Å². The van der Waals surface area contributed by atoms with Crippen LogP contribution in [0.2, 0.25) is 5.02 Å². The van der Waals surface area contributed by atoms with Crippen molar-refractivity contribution in [1.82, 2.24) is 10.3 Å². The van der Waals surface area contributed by atoms with E-state index in [-0.39, 0.29) is 5.91 Å². The van der Waals surface area contributed by atoms with Gasteiger partial charge in [0.05, 0.1) is 5.69 Å². The second-order valence-corrected chi connectivity index (χ2v) is 3.95. The van der Waals surface area contributed by atoms with Crippen LogP contribution < -0.4 is 10.6 Å². The molecule has 1 aromatic heterocycles. The first-order valence-corrected chi connectivity index (χ1v) is 5.50. The van der Waals surface area contributed by atoms with Crippen molar-refractivity contribution in [2.75, 3.05) is 12.4 Å². The van der Waals surface area contributed by atoms with Gasteiger partial charge in [0.1, 0.15) is 5.69 Å². The van der Waals surface area contributed by atoms with Crippen LogP contribution in [0, 0.1) is 0 Å². The van der Waals surface area contributed by atoms with Crippen molar-refractivity contribution in [1.29, 1.82) is 0 Å². The third-order valence-corrected chi connectivity index (χ3v) is 2.54. The Morgan fingerprint density at radius 2 is 1.94 bits per heavy atom. The lowest BCUT2D eigenvalue weighted by Gasteiger charge is -2.02. The average Bonchev–Trinajstić information content (AvgIpc) is 2.80. The number of nitrogens with one attached hydrogen (secondary N) is 3. The minimum absolute atomic E-state index is 0.144. The van der Waals surface area contributed by atoms with E-state index in [9.17, 15) is 4.79 Å². The van der Waals surface area contributed by atoms with Crippen molar-refractivity contribution < 1.29 is 4.79 Å². The van der Waals surface area contributed by atoms with Crippen LogP contribution in [0.5, 0.6) is 0 Å². The number of hydrogen-bond acceptors (Lipinski definition) is 2. The van der Waals surface area contributed by atoms with Gasteiger partial charge >= 0.3 is 0 Å². The molecule has 0 atom stereocenters. The minimum Gasteiger partial charge on any atom is -0.355 e. The van der Waals surface area contributed by atoms with Crippen molar-refractivity contribution in [2.24, 2.45) is 0 Å². The highest BCUT2D eigenvalue weighted by atomic mass is 35.5. The van der Waals surface area contributed by atoms with Gasteiger partial charge in [-0.05, 0) is 30.3 Å². The third kappa shape index (κ3) is 2.79. The summed E-state index contributed by atoms with van der Waals surface area (Å²) in [6.07, 6.45) is 1.74. The van der Waals surface area contributed by atoms with E-state index in [1.807, 2.05) is 12.1 Å². The largest absolute Gasteiger partial charge is 0.355 e. The van der Waals surface area contributed by atoms with Gasteiger partial charge in [-0.3, -0.25) is 4.79 Å². The molecule has 0 unspecified atom stereocenters. The van der Waals surface area contributed by atoms with Crippen LogP contribution in [0.15, 0.2) is 36.5 Å². The fourth-order valence-corrected chi connectivity index (χ4v) is 1.56. The van der Waals surface area contributed by atoms with Gasteiger partial charge in [-0.15, -0.1) is 0 Å². The van der Waals surface area contributed by atoms with Crippen LogP contribution in [-0.4, -0.2) is 17.9 Å². The number of hydrogen-bond donors (Lipinski definition) is 3. The van der Waals surface area contributed by atoms with Gasteiger partial charge in [0, 0.05) is 24.0 Å². The Morgan fingerprint density at radius 1 is 1.24 bits per heavy atom. The van der Waals surface area contributed by atoms with Gasteiger partial charge in [-0.25, -0.2) is 0 Å². The molecule has 0 aliphatic rings. The van der Waals surface area contributed by atoms with E-state index in [1.54, 1.807) is 31.4 Å². The summed E-state index contributed by atoms with van der Waals surface area (Å²) >= 11 is 5.79. The molecule has 0 radical (unpaired) electrons. The van der Waals surface area contributed by atoms with Gasteiger partial charge < -0.3 is 15.6 Å². The summed E-state index contributed by atoms with van der Waals surface area (Å²) in [4.78, 5) is 14.2. The van der Waals surface area contributed by atoms with E-state index in [2.05, 4.69) is 15.6 Å². The van der Waals surface area contributed by atoms with Crippen LogP contribution in [0.3, 0.4) is 0 Å². The normalized spacial score (nSPS) is 10.0. The Labute approximate surface area is 104 Å². The zero-order chi connectivity index (χ0) is 12.3. The quantitative estimate of drug-likeness (QED) is 0.784. The molecule has 0 bridgehead atoms. The number of carbonyl (C=O) groups excluding carboxylic acids is 1. The highest BCUT2D eigenvalue weighted by Crippen LogP contribution is 2.19. The fourth-order valence-electron chi connectivity index (χ4n) is 1.43. The number of aromatic nitrogens is 1. The molecule has 5 heteroatoms.